The van der Waals surface area contributed by atoms with Gasteiger partial charge in [-0.25, -0.2) is 0 Å². The average molecular weight is 254 g/mol. The molecule has 0 saturated carbocycles. The molecule has 2 heterocycles. The first-order valence-electron chi connectivity index (χ1n) is 6.08. The van der Waals surface area contributed by atoms with E-state index in [1.807, 2.05) is 34.9 Å². The van der Waals surface area contributed by atoms with Crippen molar-refractivity contribution < 1.29 is 5.11 Å². The van der Waals surface area contributed by atoms with Crippen molar-refractivity contribution in [3.8, 4) is 5.75 Å². The van der Waals surface area contributed by atoms with Gasteiger partial charge in [-0.15, -0.1) is 10.2 Å². The fourth-order valence-corrected chi connectivity index (χ4v) is 2.13. The summed E-state index contributed by atoms with van der Waals surface area (Å²) in [6.07, 6.45) is 2.44. The molecule has 3 rings (SSSR count). The Kier molecular flexibility index (Phi) is 2.89. The molecule has 0 aliphatic heterocycles. The first kappa shape index (κ1) is 11.7. The molecule has 5 nitrogen and oxygen atoms in total. The number of phenols is 1. The number of pyridine rings is 1. The van der Waals surface area contributed by atoms with Crippen LogP contribution < -0.4 is 5.73 Å². The Bertz CT molecular complexity index is 720. The number of nitrogens with two attached hydrogens (primary N) is 1. The van der Waals surface area contributed by atoms with E-state index in [0.717, 1.165) is 22.6 Å². The zero-order chi connectivity index (χ0) is 13.2. The van der Waals surface area contributed by atoms with Gasteiger partial charge in [0.05, 0.1) is 0 Å². The lowest BCUT2D eigenvalue weighted by molar-refractivity contribution is 0.469. The summed E-state index contributed by atoms with van der Waals surface area (Å²) in [7, 11) is 0. The SMILES string of the molecule is NCc1cccn2c(Cc3ccccc3O)nnc12. The van der Waals surface area contributed by atoms with E-state index in [1.54, 1.807) is 12.1 Å². The highest BCUT2D eigenvalue weighted by atomic mass is 16.3. The van der Waals surface area contributed by atoms with Gasteiger partial charge in [-0.05, 0) is 12.1 Å². The second-order valence-electron chi connectivity index (χ2n) is 4.35. The lowest BCUT2D eigenvalue weighted by Crippen LogP contribution is -2.01. The minimum absolute atomic E-state index is 0.272. The number of rotatable bonds is 3. The normalized spacial score (nSPS) is 11.0. The highest BCUT2D eigenvalue weighted by molar-refractivity contribution is 5.48. The van der Waals surface area contributed by atoms with Crippen LogP contribution in [0.3, 0.4) is 0 Å². The lowest BCUT2D eigenvalue weighted by Gasteiger charge is -2.04. The molecule has 0 bridgehead atoms. The summed E-state index contributed by atoms with van der Waals surface area (Å²) in [5.41, 5.74) is 8.24. The van der Waals surface area contributed by atoms with Crippen LogP contribution in [0, 0.1) is 0 Å². The van der Waals surface area contributed by atoms with Crippen molar-refractivity contribution >= 4 is 5.65 Å². The molecule has 3 N–H and O–H groups in total. The summed E-state index contributed by atoms with van der Waals surface area (Å²) in [6, 6.07) is 11.1. The van der Waals surface area contributed by atoms with Crippen LogP contribution in [0.4, 0.5) is 0 Å². The van der Waals surface area contributed by atoms with E-state index in [0.29, 0.717) is 13.0 Å². The molecule has 3 aromatic rings. The zero-order valence-electron chi connectivity index (χ0n) is 10.3. The van der Waals surface area contributed by atoms with Gasteiger partial charge in [0.1, 0.15) is 11.6 Å². The largest absolute Gasteiger partial charge is 0.508 e. The van der Waals surface area contributed by atoms with Gasteiger partial charge in [0.25, 0.3) is 0 Å². The van der Waals surface area contributed by atoms with Crippen LogP contribution in [0.15, 0.2) is 42.6 Å². The van der Waals surface area contributed by atoms with Gasteiger partial charge in [-0.1, -0.05) is 24.3 Å². The predicted octanol–water partition coefficient (Wildman–Crippen LogP) is 1.48. The molecule has 1 aromatic carbocycles. The summed E-state index contributed by atoms with van der Waals surface area (Å²) in [6.45, 7) is 0.430. The van der Waals surface area contributed by atoms with Gasteiger partial charge in [-0.3, -0.25) is 4.40 Å². The zero-order valence-corrected chi connectivity index (χ0v) is 10.3. The summed E-state index contributed by atoms with van der Waals surface area (Å²) in [5.74, 6) is 1.06. The van der Waals surface area contributed by atoms with Crippen LogP contribution in [0.25, 0.3) is 5.65 Å². The van der Waals surface area contributed by atoms with E-state index in [4.69, 9.17) is 5.73 Å². The third kappa shape index (κ3) is 2.04. The number of aromatic nitrogens is 3. The number of para-hydroxylation sites is 1. The fourth-order valence-electron chi connectivity index (χ4n) is 2.13. The molecule has 0 amide bonds. The quantitative estimate of drug-likeness (QED) is 0.742. The number of benzene rings is 1. The monoisotopic (exact) mass is 254 g/mol. The van der Waals surface area contributed by atoms with Crippen molar-refractivity contribution in [3.63, 3.8) is 0 Å². The Hall–Kier alpha value is -2.40. The topological polar surface area (TPSA) is 76.4 Å². The molecule has 0 aliphatic carbocycles. The van der Waals surface area contributed by atoms with Crippen LogP contribution in [-0.4, -0.2) is 19.7 Å². The first-order chi connectivity index (χ1) is 9.29. The van der Waals surface area contributed by atoms with Crippen LogP contribution in [0.1, 0.15) is 17.0 Å². The van der Waals surface area contributed by atoms with Gasteiger partial charge in [0.2, 0.25) is 0 Å². The number of hydrogen-bond donors (Lipinski definition) is 2. The Labute approximate surface area is 110 Å². The van der Waals surface area contributed by atoms with Crippen molar-refractivity contribution in [1.29, 1.82) is 0 Å². The number of phenolic OH excluding ortho intramolecular Hbond substituents is 1. The maximum atomic E-state index is 9.80. The summed E-state index contributed by atoms with van der Waals surface area (Å²) >= 11 is 0. The molecular formula is C14H14N4O. The molecule has 0 spiro atoms. The fraction of sp³-hybridized carbons (Fsp3) is 0.143. The van der Waals surface area contributed by atoms with Crippen molar-refractivity contribution in [1.82, 2.24) is 14.6 Å². The molecule has 0 radical (unpaired) electrons. The number of fused-ring (bicyclic) bond motifs is 1. The Morgan fingerprint density at radius 2 is 1.84 bits per heavy atom. The van der Waals surface area contributed by atoms with E-state index < -0.39 is 0 Å². The third-order valence-electron chi connectivity index (χ3n) is 3.15. The van der Waals surface area contributed by atoms with Gasteiger partial charge >= 0.3 is 0 Å². The first-order valence-corrected chi connectivity index (χ1v) is 6.08. The van der Waals surface area contributed by atoms with Gasteiger partial charge < -0.3 is 10.8 Å². The van der Waals surface area contributed by atoms with Crippen molar-refractivity contribution in [2.24, 2.45) is 5.73 Å². The highest BCUT2D eigenvalue weighted by Crippen LogP contribution is 2.19. The summed E-state index contributed by atoms with van der Waals surface area (Å²) in [4.78, 5) is 0. The van der Waals surface area contributed by atoms with E-state index in [9.17, 15) is 5.11 Å². The minimum atomic E-state index is 0.272. The minimum Gasteiger partial charge on any atom is -0.508 e. The number of nitrogens with zero attached hydrogens (tertiary/aromatic N) is 3. The molecule has 5 heteroatoms. The van der Waals surface area contributed by atoms with Crippen LogP contribution >= 0.6 is 0 Å². The lowest BCUT2D eigenvalue weighted by atomic mass is 10.1. The average Bonchev–Trinajstić information content (AvgIpc) is 2.84. The molecule has 0 aliphatic rings. The van der Waals surface area contributed by atoms with Crippen molar-refractivity contribution in [3.05, 3.63) is 59.5 Å². The van der Waals surface area contributed by atoms with Crippen LogP contribution in [0.5, 0.6) is 5.75 Å². The van der Waals surface area contributed by atoms with Crippen LogP contribution in [0.2, 0.25) is 0 Å². The van der Waals surface area contributed by atoms with Crippen LogP contribution in [-0.2, 0) is 13.0 Å². The molecule has 19 heavy (non-hydrogen) atoms. The van der Waals surface area contributed by atoms with E-state index >= 15 is 0 Å². The Morgan fingerprint density at radius 3 is 2.63 bits per heavy atom. The van der Waals surface area contributed by atoms with Crippen molar-refractivity contribution in [2.45, 2.75) is 13.0 Å². The molecule has 96 valence electrons. The molecule has 0 unspecified atom stereocenters. The second kappa shape index (κ2) is 4.70. The van der Waals surface area contributed by atoms with E-state index in [-0.39, 0.29) is 5.75 Å². The molecule has 0 atom stereocenters. The molecule has 0 saturated heterocycles. The van der Waals surface area contributed by atoms with Gasteiger partial charge in [0.15, 0.2) is 5.65 Å². The highest BCUT2D eigenvalue weighted by Gasteiger charge is 2.10. The smallest absolute Gasteiger partial charge is 0.165 e. The van der Waals surface area contributed by atoms with Crippen molar-refractivity contribution in [2.75, 3.05) is 0 Å². The Morgan fingerprint density at radius 1 is 1.05 bits per heavy atom. The van der Waals surface area contributed by atoms with Gasteiger partial charge in [0, 0.05) is 30.3 Å². The standard InChI is InChI=1S/C14H14N4O/c15-9-11-5-3-7-18-13(16-17-14(11)18)8-10-4-1-2-6-12(10)19/h1-7,19H,8-9,15H2. The summed E-state index contributed by atoms with van der Waals surface area (Å²) < 4.78 is 1.91. The maximum absolute atomic E-state index is 9.80. The second-order valence-corrected chi connectivity index (χ2v) is 4.35. The molecule has 2 aromatic heterocycles. The third-order valence-corrected chi connectivity index (χ3v) is 3.15. The number of hydrogen-bond acceptors (Lipinski definition) is 4. The maximum Gasteiger partial charge on any atom is 0.165 e. The van der Waals surface area contributed by atoms with Gasteiger partial charge in [-0.2, -0.15) is 0 Å². The van der Waals surface area contributed by atoms with E-state index in [1.165, 1.54) is 0 Å². The predicted molar refractivity (Wildman–Crippen MR) is 71.8 cm³/mol. The molecule has 0 fully saturated rings. The molecular weight excluding hydrogens is 240 g/mol. The van der Waals surface area contributed by atoms with E-state index in [2.05, 4.69) is 10.2 Å². The Balaban J connectivity index is 2.05. The number of aromatic hydroxyl groups is 1. The summed E-state index contributed by atoms with van der Waals surface area (Å²) in [5, 5.41) is 18.2.